The first-order valence-corrected chi connectivity index (χ1v) is 9.69. The van der Waals surface area contributed by atoms with E-state index in [-0.39, 0.29) is 5.75 Å². The molecule has 9 heteroatoms. The van der Waals surface area contributed by atoms with E-state index in [1.807, 2.05) is 0 Å². The van der Waals surface area contributed by atoms with Crippen LogP contribution in [0.3, 0.4) is 0 Å². The lowest BCUT2D eigenvalue weighted by molar-refractivity contribution is -0.136. The number of nitrogens with one attached hydrogen (secondary N) is 2. The molecule has 0 aliphatic carbocycles. The molecule has 162 valence electrons. The van der Waals surface area contributed by atoms with E-state index in [4.69, 9.17) is 21.1 Å². The Morgan fingerprint density at radius 3 is 2.44 bits per heavy atom. The number of halogens is 1. The zero-order valence-corrected chi connectivity index (χ0v) is 17.6. The van der Waals surface area contributed by atoms with Crippen LogP contribution in [0.2, 0.25) is 5.02 Å². The summed E-state index contributed by atoms with van der Waals surface area (Å²) in [7, 11) is 1.49. The van der Waals surface area contributed by atoms with E-state index in [2.05, 4.69) is 15.8 Å². The second-order valence-corrected chi connectivity index (χ2v) is 6.76. The fourth-order valence-corrected chi connectivity index (χ4v) is 2.65. The number of methoxy groups -OCH3 is 1. The van der Waals surface area contributed by atoms with Crippen molar-refractivity contribution in [2.24, 2.45) is 5.10 Å². The minimum Gasteiger partial charge on any atom is -0.497 e. The van der Waals surface area contributed by atoms with E-state index in [0.29, 0.717) is 27.6 Å². The molecule has 0 spiro atoms. The van der Waals surface area contributed by atoms with E-state index >= 15 is 0 Å². The van der Waals surface area contributed by atoms with Crippen LogP contribution >= 0.6 is 11.6 Å². The normalized spacial score (nSPS) is 10.4. The summed E-state index contributed by atoms with van der Waals surface area (Å²) in [6, 6.07) is 19.4. The van der Waals surface area contributed by atoms with Crippen LogP contribution < -0.4 is 20.2 Å². The number of benzene rings is 3. The molecule has 32 heavy (non-hydrogen) atoms. The molecule has 0 aliphatic heterocycles. The predicted molar refractivity (Wildman–Crippen MR) is 120 cm³/mol. The molecule has 0 bridgehead atoms. The number of carbonyl (C=O) groups excluding carboxylic acids is 3. The fourth-order valence-electron chi connectivity index (χ4n) is 2.52. The van der Waals surface area contributed by atoms with Crippen LogP contribution in [-0.4, -0.2) is 31.1 Å². The van der Waals surface area contributed by atoms with Crippen molar-refractivity contribution in [3.63, 3.8) is 0 Å². The molecular weight excluding hydrogens is 434 g/mol. The molecule has 0 saturated carbocycles. The summed E-state index contributed by atoms with van der Waals surface area (Å²) < 4.78 is 10.5. The van der Waals surface area contributed by atoms with Crippen LogP contribution in [0.5, 0.6) is 11.5 Å². The van der Waals surface area contributed by atoms with Crippen molar-refractivity contribution in [3.05, 3.63) is 88.9 Å². The van der Waals surface area contributed by atoms with Crippen molar-refractivity contribution >= 4 is 41.3 Å². The number of rotatable bonds is 6. The summed E-state index contributed by atoms with van der Waals surface area (Å²) in [5.41, 5.74) is 3.27. The molecule has 3 aromatic rings. The van der Waals surface area contributed by atoms with Crippen molar-refractivity contribution < 1.29 is 23.9 Å². The minimum atomic E-state index is -0.972. The molecule has 0 unspecified atom stereocenters. The molecule has 0 heterocycles. The predicted octanol–water partition coefficient (Wildman–Crippen LogP) is 3.66. The highest BCUT2D eigenvalue weighted by Gasteiger charge is 2.14. The van der Waals surface area contributed by atoms with Gasteiger partial charge in [0.15, 0.2) is 0 Å². The maximum absolute atomic E-state index is 12.3. The first-order valence-electron chi connectivity index (χ1n) is 9.31. The zero-order chi connectivity index (χ0) is 22.9. The lowest BCUT2D eigenvalue weighted by atomic mass is 10.2. The summed E-state index contributed by atoms with van der Waals surface area (Å²) in [6.07, 6.45) is 1.27. The number of hydrogen-bond acceptors (Lipinski definition) is 6. The van der Waals surface area contributed by atoms with Crippen LogP contribution in [-0.2, 0) is 9.59 Å². The Kier molecular flexibility index (Phi) is 7.55. The molecule has 0 saturated heterocycles. The third-order valence-corrected chi connectivity index (χ3v) is 4.36. The number of para-hydroxylation sites is 1. The standard InChI is InChI=1S/C23H18ClN3O5/c1-31-19-7-4-6-18(13-19)26-21(28)22(29)27-25-14-16-5-2-3-8-20(16)32-23(30)15-9-11-17(24)12-10-15/h2-14H,1H3,(H,26,28)(H,27,29)/b25-14-. The van der Waals surface area contributed by atoms with Gasteiger partial charge in [0, 0.05) is 22.3 Å². The second kappa shape index (κ2) is 10.7. The highest BCUT2D eigenvalue weighted by atomic mass is 35.5. The number of carbonyl (C=O) groups is 3. The quantitative estimate of drug-likeness (QED) is 0.195. The van der Waals surface area contributed by atoms with Crippen molar-refractivity contribution in [1.29, 1.82) is 0 Å². The number of amides is 2. The molecule has 2 N–H and O–H groups in total. The molecule has 0 aliphatic rings. The molecule has 3 aromatic carbocycles. The Hall–Kier alpha value is -4.17. The van der Waals surface area contributed by atoms with Gasteiger partial charge in [-0.1, -0.05) is 29.8 Å². The summed E-state index contributed by atoms with van der Waals surface area (Å²) in [6.45, 7) is 0. The van der Waals surface area contributed by atoms with Crippen LogP contribution in [0.1, 0.15) is 15.9 Å². The average Bonchev–Trinajstić information content (AvgIpc) is 2.80. The van der Waals surface area contributed by atoms with Crippen molar-refractivity contribution in [2.75, 3.05) is 12.4 Å². The molecule has 0 radical (unpaired) electrons. The van der Waals surface area contributed by atoms with Gasteiger partial charge in [0.05, 0.1) is 18.9 Å². The molecule has 0 fully saturated rings. The van der Waals surface area contributed by atoms with Crippen LogP contribution in [0.25, 0.3) is 0 Å². The molecule has 8 nitrogen and oxygen atoms in total. The number of anilines is 1. The molecule has 0 atom stereocenters. The maximum Gasteiger partial charge on any atom is 0.343 e. The van der Waals surface area contributed by atoms with Gasteiger partial charge >= 0.3 is 17.8 Å². The average molecular weight is 452 g/mol. The SMILES string of the molecule is COc1cccc(NC(=O)C(=O)N/N=C\c2ccccc2OC(=O)c2ccc(Cl)cc2)c1. The van der Waals surface area contributed by atoms with Gasteiger partial charge in [0.2, 0.25) is 0 Å². The second-order valence-electron chi connectivity index (χ2n) is 6.32. The van der Waals surface area contributed by atoms with Gasteiger partial charge in [0.25, 0.3) is 0 Å². The Morgan fingerprint density at radius 2 is 1.69 bits per heavy atom. The number of hydrogen-bond donors (Lipinski definition) is 2. The van der Waals surface area contributed by atoms with Crippen LogP contribution in [0, 0.1) is 0 Å². The first-order chi connectivity index (χ1) is 15.5. The Labute approximate surface area is 188 Å². The Bertz CT molecular complexity index is 1160. The molecule has 0 aromatic heterocycles. The minimum absolute atomic E-state index is 0.228. The Balaban J connectivity index is 1.61. The van der Waals surface area contributed by atoms with Crippen molar-refractivity contribution in [1.82, 2.24) is 5.43 Å². The summed E-state index contributed by atoms with van der Waals surface area (Å²) in [5.74, 6) is -1.70. The van der Waals surface area contributed by atoms with Gasteiger partial charge in [-0.25, -0.2) is 10.2 Å². The summed E-state index contributed by atoms with van der Waals surface area (Å²) >= 11 is 5.83. The maximum atomic E-state index is 12.3. The van der Waals surface area contributed by atoms with Gasteiger partial charge < -0.3 is 14.8 Å². The zero-order valence-electron chi connectivity index (χ0n) is 16.9. The third kappa shape index (κ3) is 6.16. The smallest absolute Gasteiger partial charge is 0.343 e. The van der Waals surface area contributed by atoms with Gasteiger partial charge in [0.1, 0.15) is 11.5 Å². The van der Waals surface area contributed by atoms with E-state index in [1.165, 1.54) is 13.3 Å². The highest BCUT2D eigenvalue weighted by molar-refractivity contribution is 6.39. The topological polar surface area (TPSA) is 106 Å². The molecule has 3 rings (SSSR count). The highest BCUT2D eigenvalue weighted by Crippen LogP contribution is 2.19. The fraction of sp³-hybridized carbons (Fsp3) is 0.0435. The van der Waals surface area contributed by atoms with E-state index < -0.39 is 17.8 Å². The van der Waals surface area contributed by atoms with E-state index in [9.17, 15) is 14.4 Å². The van der Waals surface area contributed by atoms with Crippen LogP contribution in [0.4, 0.5) is 5.69 Å². The van der Waals surface area contributed by atoms with Gasteiger partial charge in [-0.3, -0.25) is 9.59 Å². The molecule has 2 amide bonds. The van der Waals surface area contributed by atoms with Gasteiger partial charge in [-0.2, -0.15) is 5.10 Å². The van der Waals surface area contributed by atoms with Crippen molar-refractivity contribution in [3.8, 4) is 11.5 Å². The first kappa shape index (κ1) is 22.5. The lowest BCUT2D eigenvalue weighted by Crippen LogP contribution is -2.32. The third-order valence-electron chi connectivity index (χ3n) is 4.11. The monoisotopic (exact) mass is 451 g/mol. The van der Waals surface area contributed by atoms with E-state index in [0.717, 1.165) is 0 Å². The number of ether oxygens (including phenoxy) is 2. The largest absolute Gasteiger partial charge is 0.497 e. The van der Waals surface area contributed by atoms with Crippen LogP contribution in [0.15, 0.2) is 77.9 Å². The lowest BCUT2D eigenvalue weighted by Gasteiger charge is -2.07. The Morgan fingerprint density at radius 1 is 0.938 bits per heavy atom. The number of nitrogens with zero attached hydrogens (tertiary/aromatic N) is 1. The van der Waals surface area contributed by atoms with Gasteiger partial charge in [-0.15, -0.1) is 0 Å². The molecular formula is C23H18ClN3O5. The van der Waals surface area contributed by atoms with Crippen molar-refractivity contribution in [2.45, 2.75) is 0 Å². The summed E-state index contributed by atoms with van der Waals surface area (Å²) in [5, 5.41) is 6.71. The number of hydrazone groups is 1. The summed E-state index contributed by atoms with van der Waals surface area (Å²) in [4.78, 5) is 36.4. The van der Waals surface area contributed by atoms with E-state index in [1.54, 1.807) is 72.8 Å². The van der Waals surface area contributed by atoms with Gasteiger partial charge in [-0.05, 0) is 48.5 Å². The number of esters is 1.